The second kappa shape index (κ2) is 7.77. The predicted molar refractivity (Wildman–Crippen MR) is 125 cm³/mol. The van der Waals surface area contributed by atoms with Crippen molar-refractivity contribution in [2.75, 3.05) is 0 Å². The summed E-state index contributed by atoms with van der Waals surface area (Å²) in [7, 11) is -3.30. The predicted octanol–water partition coefficient (Wildman–Crippen LogP) is 5.71. The highest BCUT2D eigenvalue weighted by molar-refractivity contribution is 6.92. The van der Waals surface area contributed by atoms with Crippen molar-refractivity contribution in [2.45, 2.75) is 39.3 Å². The van der Waals surface area contributed by atoms with E-state index >= 15 is 0 Å². The number of rotatable bonds is 3. The molecule has 0 unspecified atom stereocenters. The smallest absolute Gasteiger partial charge is 0.129 e. The maximum absolute atomic E-state index is 4.47. The summed E-state index contributed by atoms with van der Waals surface area (Å²) in [5.41, 5.74) is 11.1. The summed E-state index contributed by atoms with van der Waals surface area (Å²) < 4.78 is 1.96. The SMILES string of the molecule is C[Si](C)(C)C#CC(=C=C(n1nnc2ccccc21)[Si](C)(C)C)c1ccccc1. The van der Waals surface area contributed by atoms with Gasteiger partial charge in [-0.2, -0.15) is 0 Å². The van der Waals surface area contributed by atoms with Gasteiger partial charge in [-0.05, 0) is 17.7 Å². The Hall–Kier alpha value is -2.65. The van der Waals surface area contributed by atoms with Gasteiger partial charge in [-0.1, -0.05) is 98.6 Å². The first-order valence-electron chi connectivity index (χ1n) is 9.56. The molecule has 0 fully saturated rings. The first-order chi connectivity index (χ1) is 13.1. The van der Waals surface area contributed by atoms with E-state index < -0.39 is 16.1 Å². The highest BCUT2D eigenvalue weighted by Gasteiger charge is 2.24. The van der Waals surface area contributed by atoms with Crippen molar-refractivity contribution in [3.05, 3.63) is 65.9 Å². The molecule has 0 radical (unpaired) electrons. The number of allylic oxidation sites excluding steroid dienone is 1. The number of nitrogens with zero attached hydrogens (tertiary/aromatic N) is 3. The van der Waals surface area contributed by atoms with Gasteiger partial charge in [-0.15, -0.1) is 10.6 Å². The van der Waals surface area contributed by atoms with Crippen LogP contribution in [0.15, 0.2) is 60.3 Å². The molecule has 3 nitrogen and oxygen atoms in total. The van der Waals surface area contributed by atoms with Crippen LogP contribution in [0.25, 0.3) is 21.9 Å². The Labute approximate surface area is 169 Å². The standard InChI is InChI=1S/C23H27N3Si2/c1-27(2,3)17-16-20(19-12-8-7-9-13-19)18-23(28(4,5)6)26-22-15-11-10-14-21(22)24-25-26/h7-15H,1-6H3. The summed E-state index contributed by atoms with van der Waals surface area (Å²) in [5.74, 6) is 3.45. The summed E-state index contributed by atoms with van der Waals surface area (Å²) >= 11 is 0. The van der Waals surface area contributed by atoms with Crippen LogP contribution < -0.4 is 0 Å². The number of hydrogen-bond acceptors (Lipinski definition) is 2. The van der Waals surface area contributed by atoms with Crippen LogP contribution >= 0.6 is 0 Å². The Morgan fingerprint density at radius 2 is 1.50 bits per heavy atom. The van der Waals surface area contributed by atoms with Crippen LogP contribution in [0.2, 0.25) is 39.3 Å². The number of fused-ring (bicyclic) bond motifs is 1. The zero-order chi connectivity index (χ0) is 20.4. The van der Waals surface area contributed by atoms with Crippen molar-refractivity contribution in [1.82, 2.24) is 15.0 Å². The summed E-state index contributed by atoms with van der Waals surface area (Å²) in [5, 5.41) is 9.91. The van der Waals surface area contributed by atoms with E-state index in [0.717, 1.165) is 27.5 Å². The largest absolute Gasteiger partial charge is 0.214 e. The van der Waals surface area contributed by atoms with Crippen LogP contribution in [-0.2, 0) is 0 Å². The Bertz CT molecular complexity index is 1110. The molecule has 0 atom stereocenters. The molecule has 0 spiro atoms. The minimum atomic E-state index is -1.79. The van der Waals surface area contributed by atoms with Gasteiger partial charge in [0.25, 0.3) is 0 Å². The first kappa shape index (κ1) is 20.1. The van der Waals surface area contributed by atoms with Crippen molar-refractivity contribution in [3.63, 3.8) is 0 Å². The number of para-hydroxylation sites is 1. The van der Waals surface area contributed by atoms with Gasteiger partial charge >= 0.3 is 0 Å². The topological polar surface area (TPSA) is 30.7 Å². The molecule has 0 aliphatic heterocycles. The molecule has 142 valence electrons. The van der Waals surface area contributed by atoms with E-state index in [2.05, 4.69) is 85.0 Å². The molecule has 0 saturated heterocycles. The average molecular weight is 402 g/mol. The number of benzene rings is 2. The molecule has 3 aromatic rings. The molecular formula is C23H27N3Si2. The van der Waals surface area contributed by atoms with Crippen molar-refractivity contribution < 1.29 is 0 Å². The lowest BCUT2D eigenvalue weighted by molar-refractivity contribution is 0.850. The monoisotopic (exact) mass is 401 g/mol. The zero-order valence-electron chi connectivity index (χ0n) is 17.5. The van der Waals surface area contributed by atoms with Gasteiger partial charge in [0.2, 0.25) is 0 Å². The van der Waals surface area contributed by atoms with Gasteiger partial charge in [0, 0.05) is 0 Å². The molecule has 1 aromatic heterocycles. The number of hydrogen-bond donors (Lipinski definition) is 0. The fraction of sp³-hybridized carbons (Fsp3) is 0.261. The lowest BCUT2D eigenvalue weighted by atomic mass is 10.1. The summed E-state index contributed by atoms with van der Waals surface area (Å²) in [6.45, 7) is 13.7. The highest BCUT2D eigenvalue weighted by Crippen LogP contribution is 2.24. The van der Waals surface area contributed by atoms with Gasteiger partial charge < -0.3 is 0 Å². The van der Waals surface area contributed by atoms with Crippen LogP contribution in [0.3, 0.4) is 0 Å². The van der Waals surface area contributed by atoms with E-state index in [4.69, 9.17) is 0 Å². The second-order valence-corrected chi connectivity index (χ2v) is 18.7. The van der Waals surface area contributed by atoms with Crippen LogP contribution in [-0.4, -0.2) is 31.1 Å². The summed E-state index contributed by atoms with van der Waals surface area (Å²) in [4.78, 5) is 0. The van der Waals surface area contributed by atoms with Crippen LogP contribution in [0.4, 0.5) is 0 Å². The van der Waals surface area contributed by atoms with E-state index in [1.54, 1.807) is 0 Å². The zero-order valence-corrected chi connectivity index (χ0v) is 19.5. The van der Waals surface area contributed by atoms with Crippen molar-refractivity contribution >= 4 is 38.1 Å². The fourth-order valence-corrected chi connectivity index (χ4v) is 4.54. The minimum Gasteiger partial charge on any atom is -0.214 e. The molecule has 0 aliphatic carbocycles. The van der Waals surface area contributed by atoms with Crippen molar-refractivity contribution in [2.24, 2.45) is 0 Å². The summed E-state index contributed by atoms with van der Waals surface area (Å²) in [6.07, 6.45) is 0. The molecule has 3 rings (SSSR count). The van der Waals surface area contributed by atoms with Gasteiger partial charge in [0.05, 0.1) is 16.4 Å². The van der Waals surface area contributed by atoms with E-state index in [1.807, 2.05) is 41.1 Å². The van der Waals surface area contributed by atoms with Gasteiger partial charge in [-0.25, -0.2) is 4.68 Å². The quantitative estimate of drug-likeness (QED) is 0.319. The first-order valence-corrected chi connectivity index (χ1v) is 16.6. The molecule has 0 aliphatic rings. The molecule has 0 N–H and O–H groups in total. The molecule has 2 aromatic carbocycles. The average Bonchev–Trinajstić information content (AvgIpc) is 3.04. The summed E-state index contributed by atoms with van der Waals surface area (Å²) in [6, 6.07) is 18.4. The van der Waals surface area contributed by atoms with E-state index in [1.165, 1.54) is 0 Å². The van der Waals surface area contributed by atoms with E-state index in [0.29, 0.717) is 0 Å². The third kappa shape index (κ3) is 4.79. The van der Waals surface area contributed by atoms with E-state index in [-0.39, 0.29) is 0 Å². The Morgan fingerprint density at radius 3 is 2.14 bits per heavy atom. The second-order valence-electron chi connectivity index (χ2n) is 8.95. The molecule has 0 amide bonds. The Morgan fingerprint density at radius 1 is 0.857 bits per heavy atom. The highest BCUT2D eigenvalue weighted by atomic mass is 28.3. The lowest BCUT2D eigenvalue weighted by Gasteiger charge is -2.19. The lowest BCUT2D eigenvalue weighted by Crippen LogP contribution is -2.27. The maximum Gasteiger partial charge on any atom is 0.129 e. The van der Waals surface area contributed by atoms with E-state index in [9.17, 15) is 0 Å². The van der Waals surface area contributed by atoms with Crippen LogP contribution in [0.1, 0.15) is 5.56 Å². The molecule has 0 bridgehead atoms. The molecule has 0 saturated carbocycles. The molecule has 5 heteroatoms. The fourth-order valence-electron chi connectivity index (χ4n) is 2.74. The Balaban J connectivity index is 2.35. The normalized spacial score (nSPS) is 11.5. The third-order valence-electron chi connectivity index (χ3n) is 4.14. The molecule has 1 heterocycles. The van der Waals surface area contributed by atoms with Crippen LogP contribution in [0.5, 0.6) is 0 Å². The molecule has 28 heavy (non-hydrogen) atoms. The van der Waals surface area contributed by atoms with Crippen molar-refractivity contribution in [1.29, 1.82) is 0 Å². The van der Waals surface area contributed by atoms with Gasteiger partial charge in [0.15, 0.2) is 0 Å². The van der Waals surface area contributed by atoms with Gasteiger partial charge in [0.1, 0.15) is 21.7 Å². The van der Waals surface area contributed by atoms with Gasteiger partial charge in [-0.3, -0.25) is 0 Å². The maximum atomic E-state index is 4.47. The third-order valence-corrected chi connectivity index (χ3v) is 6.78. The minimum absolute atomic E-state index is 0.898. The Kier molecular flexibility index (Phi) is 5.57. The van der Waals surface area contributed by atoms with Crippen molar-refractivity contribution in [3.8, 4) is 11.5 Å². The van der Waals surface area contributed by atoms with Crippen LogP contribution in [0, 0.1) is 11.5 Å². The number of aromatic nitrogens is 3. The molecular weight excluding hydrogens is 374 g/mol.